The van der Waals surface area contributed by atoms with Crippen LogP contribution in [0.25, 0.3) is 31.6 Å². The minimum atomic E-state index is -0.0934. The Morgan fingerprint density at radius 3 is 2.93 bits per heavy atom. The van der Waals surface area contributed by atoms with Crippen molar-refractivity contribution in [1.82, 2.24) is 15.5 Å². The Balaban J connectivity index is 1.62. The number of carbonyl (C=O) groups is 1. The monoisotopic (exact) mass is 377 g/mol. The maximum atomic E-state index is 12.7. The number of fused-ring (bicyclic) bond motifs is 2. The minimum Gasteiger partial charge on any atom is -0.495 e. The first kappa shape index (κ1) is 16.3. The number of nitrogens with zero attached hydrogens (tertiary/aromatic N) is 1. The molecule has 0 spiro atoms. The largest absolute Gasteiger partial charge is 0.495 e. The molecule has 2 aromatic carbocycles. The Morgan fingerprint density at radius 1 is 1.30 bits per heavy atom. The summed E-state index contributed by atoms with van der Waals surface area (Å²) in [5, 5.41) is 12.7. The molecular weight excluding hydrogens is 358 g/mol. The molecule has 1 amide bonds. The Morgan fingerprint density at radius 2 is 2.15 bits per heavy atom. The van der Waals surface area contributed by atoms with Crippen molar-refractivity contribution in [2.45, 2.75) is 12.8 Å². The van der Waals surface area contributed by atoms with Crippen LogP contribution in [0.15, 0.2) is 42.5 Å². The Hall–Kier alpha value is -2.86. The number of carbonyl (C=O) groups excluding carboxylic acids is 1. The standard InChI is InChI=1S/C21H19N3O2S/c1-26-20-14(21(25)22-11-12-6-7-12)8-9-15-18(20)19(24-23-15)17-10-13-4-2-3-5-16(13)27-17/h2-5,8-10,12H,6-7,11H2,1H3,(H,22,25)(H,23,24). The van der Waals surface area contributed by atoms with Crippen molar-refractivity contribution < 1.29 is 9.53 Å². The molecule has 2 aromatic heterocycles. The van der Waals surface area contributed by atoms with E-state index in [1.807, 2.05) is 18.2 Å². The van der Waals surface area contributed by atoms with E-state index in [4.69, 9.17) is 4.74 Å². The van der Waals surface area contributed by atoms with Crippen molar-refractivity contribution in [1.29, 1.82) is 0 Å². The molecule has 1 aliphatic carbocycles. The van der Waals surface area contributed by atoms with E-state index in [9.17, 15) is 4.79 Å². The van der Waals surface area contributed by atoms with E-state index < -0.39 is 0 Å². The molecule has 27 heavy (non-hydrogen) atoms. The van der Waals surface area contributed by atoms with Gasteiger partial charge in [-0.25, -0.2) is 0 Å². The fourth-order valence-electron chi connectivity index (χ4n) is 3.40. The number of hydrogen-bond donors (Lipinski definition) is 2. The summed E-state index contributed by atoms with van der Waals surface area (Å²) in [5.74, 6) is 1.11. The normalized spacial score (nSPS) is 14.0. The Kier molecular flexibility index (Phi) is 3.86. The number of H-pyrrole nitrogens is 1. The molecule has 1 aliphatic rings. The first-order valence-electron chi connectivity index (χ1n) is 9.07. The lowest BCUT2D eigenvalue weighted by molar-refractivity contribution is 0.0949. The predicted octanol–water partition coefficient (Wildman–Crippen LogP) is 4.59. The second-order valence-electron chi connectivity index (χ2n) is 6.94. The zero-order chi connectivity index (χ0) is 18.4. The van der Waals surface area contributed by atoms with Crippen LogP contribution in [0.1, 0.15) is 23.2 Å². The highest BCUT2D eigenvalue weighted by Gasteiger charge is 2.24. The Bertz CT molecular complexity index is 1120. The van der Waals surface area contributed by atoms with Gasteiger partial charge in [-0.1, -0.05) is 18.2 Å². The molecule has 2 N–H and O–H groups in total. The van der Waals surface area contributed by atoms with E-state index in [2.05, 4.69) is 33.7 Å². The highest BCUT2D eigenvalue weighted by Crippen LogP contribution is 2.40. The van der Waals surface area contributed by atoms with E-state index in [1.54, 1.807) is 24.5 Å². The van der Waals surface area contributed by atoms with Crippen molar-refractivity contribution in [3.8, 4) is 16.3 Å². The number of nitrogens with one attached hydrogen (secondary N) is 2. The molecule has 0 saturated heterocycles. The first-order valence-corrected chi connectivity index (χ1v) is 9.88. The lowest BCUT2D eigenvalue weighted by Gasteiger charge is -2.10. The summed E-state index contributed by atoms with van der Waals surface area (Å²) in [4.78, 5) is 13.7. The van der Waals surface area contributed by atoms with Crippen molar-refractivity contribution >= 4 is 38.2 Å². The number of methoxy groups -OCH3 is 1. The van der Waals surface area contributed by atoms with Gasteiger partial charge >= 0.3 is 0 Å². The smallest absolute Gasteiger partial charge is 0.255 e. The van der Waals surface area contributed by atoms with Crippen molar-refractivity contribution in [3.63, 3.8) is 0 Å². The van der Waals surface area contributed by atoms with Crippen molar-refractivity contribution in [2.24, 2.45) is 5.92 Å². The van der Waals surface area contributed by atoms with Gasteiger partial charge in [0.2, 0.25) is 0 Å². The van der Waals surface area contributed by atoms with Crippen molar-refractivity contribution in [3.05, 3.63) is 48.0 Å². The van der Waals surface area contributed by atoms with Gasteiger partial charge in [-0.15, -0.1) is 11.3 Å². The van der Waals surface area contributed by atoms with Crippen LogP contribution in [0.5, 0.6) is 5.75 Å². The third-order valence-corrected chi connectivity index (χ3v) is 6.16. The van der Waals surface area contributed by atoms with Gasteiger partial charge in [0.25, 0.3) is 5.91 Å². The lowest BCUT2D eigenvalue weighted by atomic mass is 10.1. The summed E-state index contributed by atoms with van der Waals surface area (Å²) in [6, 6.07) is 14.1. The van der Waals surface area contributed by atoms with Crippen LogP contribution in [-0.2, 0) is 0 Å². The topological polar surface area (TPSA) is 67.0 Å². The first-order chi connectivity index (χ1) is 13.2. The molecule has 0 radical (unpaired) electrons. The summed E-state index contributed by atoms with van der Waals surface area (Å²) in [5.41, 5.74) is 2.23. The fraction of sp³-hybridized carbons (Fsp3) is 0.238. The quantitative estimate of drug-likeness (QED) is 0.534. The zero-order valence-electron chi connectivity index (χ0n) is 14.9. The number of ether oxygens (including phenoxy) is 1. The van der Waals surface area contributed by atoms with Crippen LogP contribution >= 0.6 is 11.3 Å². The van der Waals surface area contributed by atoms with E-state index in [0.29, 0.717) is 17.2 Å². The fourth-order valence-corrected chi connectivity index (χ4v) is 4.46. The molecule has 5 rings (SSSR count). The maximum absolute atomic E-state index is 12.7. The maximum Gasteiger partial charge on any atom is 0.255 e. The summed E-state index contributed by atoms with van der Waals surface area (Å²) >= 11 is 1.69. The highest BCUT2D eigenvalue weighted by atomic mass is 32.1. The highest BCUT2D eigenvalue weighted by molar-refractivity contribution is 7.22. The Labute approximate surface area is 160 Å². The summed E-state index contributed by atoms with van der Waals surface area (Å²) in [6.07, 6.45) is 2.41. The zero-order valence-corrected chi connectivity index (χ0v) is 15.7. The summed E-state index contributed by atoms with van der Waals surface area (Å²) in [7, 11) is 1.61. The molecule has 0 unspecified atom stereocenters. The predicted molar refractivity (Wildman–Crippen MR) is 109 cm³/mol. The van der Waals surface area contributed by atoms with Crippen LogP contribution in [-0.4, -0.2) is 29.8 Å². The summed E-state index contributed by atoms with van der Waals surface area (Å²) < 4.78 is 6.89. The second kappa shape index (κ2) is 6.39. The van der Waals surface area contributed by atoms with Gasteiger partial charge in [-0.2, -0.15) is 5.10 Å². The van der Waals surface area contributed by atoms with E-state index in [1.165, 1.54) is 22.9 Å². The number of thiophene rings is 1. The van der Waals surface area contributed by atoms with E-state index in [0.717, 1.165) is 28.0 Å². The molecule has 0 atom stereocenters. The number of aromatic amines is 1. The minimum absolute atomic E-state index is 0.0934. The molecular formula is C21H19N3O2S. The molecule has 1 fully saturated rings. The molecule has 6 heteroatoms. The molecule has 5 nitrogen and oxygen atoms in total. The molecule has 0 aliphatic heterocycles. The number of rotatable bonds is 5. The van der Waals surface area contributed by atoms with Gasteiger partial charge in [0, 0.05) is 11.2 Å². The van der Waals surface area contributed by atoms with Crippen molar-refractivity contribution in [2.75, 3.05) is 13.7 Å². The molecule has 0 bridgehead atoms. The van der Waals surface area contributed by atoms with Crippen LogP contribution in [0.3, 0.4) is 0 Å². The van der Waals surface area contributed by atoms with Crippen LogP contribution < -0.4 is 10.1 Å². The van der Waals surface area contributed by atoms with Gasteiger partial charge in [-0.05, 0) is 48.4 Å². The molecule has 1 saturated carbocycles. The van der Waals surface area contributed by atoms with Gasteiger partial charge in [0.1, 0.15) is 11.4 Å². The SMILES string of the molecule is COc1c(C(=O)NCC2CC2)ccc2[nH]nc(-c3cc4ccccc4s3)c12. The molecule has 2 heterocycles. The van der Waals surface area contributed by atoms with Gasteiger partial charge in [-0.3, -0.25) is 9.89 Å². The second-order valence-corrected chi connectivity index (χ2v) is 8.03. The van der Waals surface area contributed by atoms with Crippen LogP contribution in [0.4, 0.5) is 0 Å². The third-order valence-electron chi connectivity index (χ3n) is 5.04. The van der Waals surface area contributed by atoms with Gasteiger partial charge in [0.05, 0.1) is 28.5 Å². The van der Waals surface area contributed by atoms with Gasteiger partial charge < -0.3 is 10.1 Å². The van der Waals surface area contributed by atoms with E-state index >= 15 is 0 Å². The molecule has 4 aromatic rings. The average molecular weight is 377 g/mol. The number of hydrogen-bond acceptors (Lipinski definition) is 4. The summed E-state index contributed by atoms with van der Waals surface area (Å²) in [6.45, 7) is 0.731. The third kappa shape index (κ3) is 2.86. The number of aromatic nitrogens is 2. The number of benzene rings is 2. The van der Waals surface area contributed by atoms with Crippen LogP contribution in [0.2, 0.25) is 0 Å². The average Bonchev–Trinajstić information content (AvgIpc) is 3.26. The lowest BCUT2D eigenvalue weighted by Crippen LogP contribution is -2.26. The number of amides is 1. The van der Waals surface area contributed by atoms with E-state index in [-0.39, 0.29) is 5.91 Å². The molecule has 136 valence electrons. The van der Waals surface area contributed by atoms with Crippen LogP contribution in [0, 0.1) is 5.92 Å². The van der Waals surface area contributed by atoms with Gasteiger partial charge in [0.15, 0.2) is 0 Å².